The summed E-state index contributed by atoms with van der Waals surface area (Å²) >= 11 is 0. The van der Waals surface area contributed by atoms with Crippen LogP contribution in [0.3, 0.4) is 0 Å². The zero-order valence-corrected chi connectivity index (χ0v) is 21.7. The zero-order chi connectivity index (χ0) is 23.3. The first-order valence-electron chi connectivity index (χ1n) is 13.9. The van der Waals surface area contributed by atoms with E-state index in [1.807, 2.05) is 0 Å². The van der Waals surface area contributed by atoms with Crippen molar-refractivity contribution in [2.24, 2.45) is 52.3 Å². The highest BCUT2D eigenvalue weighted by Crippen LogP contribution is 2.68. The maximum absolute atomic E-state index is 12.0. The summed E-state index contributed by atoms with van der Waals surface area (Å²) in [6.45, 7) is 13.8. The minimum atomic E-state index is -0.232. The number of hydrogen-bond donors (Lipinski definition) is 1. The van der Waals surface area contributed by atoms with E-state index < -0.39 is 0 Å². The maximum Gasteiger partial charge on any atom is 0.302 e. The van der Waals surface area contributed by atoms with Crippen LogP contribution >= 0.6 is 0 Å². The molecule has 32 heavy (non-hydrogen) atoms. The van der Waals surface area contributed by atoms with Crippen LogP contribution in [-0.4, -0.2) is 23.3 Å². The molecule has 0 radical (unpaired) electrons. The van der Waals surface area contributed by atoms with E-state index in [9.17, 15) is 9.90 Å². The van der Waals surface area contributed by atoms with Gasteiger partial charge in [-0.2, -0.15) is 0 Å². The second-order valence-corrected chi connectivity index (χ2v) is 13.2. The Balaban J connectivity index is 1.55. The quantitative estimate of drug-likeness (QED) is 0.446. The Morgan fingerprint density at radius 3 is 2.44 bits per heavy atom. The van der Waals surface area contributed by atoms with Crippen molar-refractivity contribution in [1.82, 2.24) is 0 Å². The van der Waals surface area contributed by atoms with Crippen molar-refractivity contribution < 1.29 is 14.6 Å². The molecule has 4 fully saturated rings. The van der Waals surface area contributed by atoms with E-state index in [0.717, 1.165) is 49.4 Å². The van der Waals surface area contributed by atoms with Crippen LogP contribution in [0.25, 0.3) is 0 Å². The molecule has 1 N–H and O–H groups in total. The predicted molar refractivity (Wildman–Crippen MR) is 130 cm³/mol. The average Bonchev–Trinajstić information content (AvgIpc) is 3.06. The summed E-state index contributed by atoms with van der Waals surface area (Å²) in [6, 6.07) is 0. The molecule has 0 amide bonds. The lowest BCUT2D eigenvalue weighted by atomic mass is 9.43. The Morgan fingerprint density at radius 2 is 1.75 bits per heavy atom. The van der Waals surface area contributed by atoms with Gasteiger partial charge >= 0.3 is 5.97 Å². The third kappa shape index (κ3) is 4.07. The van der Waals surface area contributed by atoms with E-state index >= 15 is 0 Å². The van der Waals surface area contributed by atoms with Gasteiger partial charge in [0.1, 0.15) is 6.10 Å². The number of hydrogen-bond acceptors (Lipinski definition) is 3. The molecule has 0 aromatic heterocycles. The molecular weight excluding hydrogens is 396 g/mol. The topological polar surface area (TPSA) is 46.5 Å². The van der Waals surface area contributed by atoms with E-state index in [4.69, 9.17) is 4.74 Å². The van der Waals surface area contributed by atoms with Gasteiger partial charge in [-0.1, -0.05) is 53.9 Å². The second-order valence-electron chi connectivity index (χ2n) is 13.2. The fourth-order valence-corrected chi connectivity index (χ4v) is 9.75. The predicted octanol–water partition coefficient (Wildman–Crippen LogP) is 7.01. The minimum Gasteiger partial charge on any atom is -0.462 e. The summed E-state index contributed by atoms with van der Waals surface area (Å²) in [4.78, 5) is 12.0. The number of carbonyl (C=O) groups is 1. The Kier molecular flexibility index (Phi) is 7.08. The Labute approximate surface area is 197 Å². The third-order valence-electron chi connectivity index (χ3n) is 11.2. The van der Waals surface area contributed by atoms with Crippen LogP contribution in [0.1, 0.15) is 112 Å². The van der Waals surface area contributed by atoms with Crippen molar-refractivity contribution >= 4 is 5.97 Å². The van der Waals surface area contributed by atoms with Gasteiger partial charge in [0, 0.05) is 12.3 Å². The molecular formula is C29H50O3. The van der Waals surface area contributed by atoms with Gasteiger partial charge in [-0.25, -0.2) is 0 Å². The summed E-state index contributed by atoms with van der Waals surface area (Å²) < 4.78 is 5.97. The van der Waals surface area contributed by atoms with Gasteiger partial charge in [0.15, 0.2) is 0 Å². The molecule has 0 bridgehead atoms. The highest BCUT2D eigenvalue weighted by molar-refractivity contribution is 5.66. The van der Waals surface area contributed by atoms with Gasteiger partial charge in [-0.05, 0) is 98.2 Å². The van der Waals surface area contributed by atoms with E-state index in [1.165, 1.54) is 44.9 Å². The average molecular weight is 447 g/mol. The van der Waals surface area contributed by atoms with Crippen LogP contribution in [0, 0.1) is 52.3 Å². The molecule has 184 valence electrons. The minimum absolute atomic E-state index is 0.0160. The first kappa shape index (κ1) is 24.6. The van der Waals surface area contributed by atoms with Crippen LogP contribution in [0.5, 0.6) is 0 Å². The van der Waals surface area contributed by atoms with Crippen LogP contribution in [-0.2, 0) is 9.53 Å². The third-order valence-corrected chi connectivity index (χ3v) is 11.2. The molecule has 10 atom stereocenters. The normalized spacial score (nSPS) is 46.8. The standard InChI is InChI=1S/C29H50O3/c1-18(2)9-7-10-19(3)22-13-14-23-21-17-26(31)25-11-8-12-27(32-20(4)30)29(25,6)24(21)15-16-28(22,23)5/h18-19,21-27,31H,7-17H2,1-6H3/t19-,21+,22-,23+,24+,25-,26-,27+,28-,29-/m1/s1. The first-order valence-corrected chi connectivity index (χ1v) is 13.9. The molecule has 0 saturated heterocycles. The monoisotopic (exact) mass is 446 g/mol. The van der Waals surface area contributed by atoms with E-state index in [0.29, 0.717) is 23.2 Å². The van der Waals surface area contributed by atoms with Gasteiger partial charge in [0.25, 0.3) is 0 Å². The van der Waals surface area contributed by atoms with Crippen LogP contribution in [0.2, 0.25) is 0 Å². The lowest BCUT2D eigenvalue weighted by molar-refractivity contribution is -0.212. The molecule has 0 aromatic rings. The summed E-state index contributed by atoms with van der Waals surface area (Å²) in [6.07, 6.45) is 13.2. The molecule has 3 heteroatoms. The molecule has 0 aromatic carbocycles. The molecule has 4 aliphatic rings. The number of carbonyl (C=O) groups excluding carboxylic acids is 1. The highest BCUT2D eigenvalue weighted by Gasteiger charge is 2.64. The van der Waals surface area contributed by atoms with Crippen molar-refractivity contribution in [3.05, 3.63) is 0 Å². The fraction of sp³-hybridized carbons (Fsp3) is 0.966. The van der Waals surface area contributed by atoms with Gasteiger partial charge < -0.3 is 9.84 Å². The van der Waals surface area contributed by atoms with Crippen LogP contribution in [0.15, 0.2) is 0 Å². The smallest absolute Gasteiger partial charge is 0.302 e. The fourth-order valence-electron chi connectivity index (χ4n) is 9.75. The largest absolute Gasteiger partial charge is 0.462 e. The Morgan fingerprint density at radius 1 is 1.00 bits per heavy atom. The lowest BCUT2D eigenvalue weighted by Gasteiger charge is -2.63. The molecule has 0 heterocycles. The highest BCUT2D eigenvalue weighted by atomic mass is 16.5. The van der Waals surface area contributed by atoms with Gasteiger partial charge in [-0.15, -0.1) is 0 Å². The van der Waals surface area contributed by atoms with Crippen molar-refractivity contribution in [2.75, 3.05) is 0 Å². The summed E-state index contributed by atoms with van der Waals surface area (Å²) in [7, 11) is 0. The molecule has 4 saturated carbocycles. The summed E-state index contributed by atoms with van der Waals surface area (Å²) in [5.74, 6) is 4.50. The molecule has 3 nitrogen and oxygen atoms in total. The van der Waals surface area contributed by atoms with Crippen LogP contribution in [0.4, 0.5) is 0 Å². The Hall–Kier alpha value is -0.570. The molecule has 0 spiro atoms. The zero-order valence-electron chi connectivity index (χ0n) is 21.7. The SMILES string of the molecule is CC(=O)O[C@H]1CCC[C@@H]2[C@H](O)C[C@H]3[C@@H]4CC[C@H]([C@H](C)CCCC(C)C)[C@@]4(C)CC[C@@H]3[C@@]12C. The Bertz CT molecular complexity index is 673. The number of aliphatic hydroxyl groups is 1. The van der Waals surface area contributed by atoms with E-state index in [2.05, 4.69) is 34.6 Å². The van der Waals surface area contributed by atoms with Crippen molar-refractivity contribution in [3.63, 3.8) is 0 Å². The maximum atomic E-state index is 12.0. The van der Waals surface area contributed by atoms with Crippen molar-refractivity contribution in [3.8, 4) is 0 Å². The molecule has 4 aliphatic carbocycles. The number of aliphatic hydroxyl groups excluding tert-OH is 1. The summed E-state index contributed by atoms with van der Waals surface area (Å²) in [5.41, 5.74) is 0.363. The van der Waals surface area contributed by atoms with Crippen molar-refractivity contribution in [1.29, 1.82) is 0 Å². The number of ether oxygens (including phenoxy) is 1. The first-order chi connectivity index (χ1) is 15.1. The summed E-state index contributed by atoms with van der Waals surface area (Å²) in [5, 5.41) is 11.4. The van der Waals surface area contributed by atoms with Gasteiger partial charge in [0.05, 0.1) is 6.10 Å². The number of fused-ring (bicyclic) bond motifs is 5. The molecule has 4 rings (SSSR count). The number of esters is 1. The van der Waals surface area contributed by atoms with E-state index in [-0.39, 0.29) is 23.6 Å². The number of rotatable bonds is 6. The molecule has 0 unspecified atom stereocenters. The second kappa shape index (κ2) is 9.23. The van der Waals surface area contributed by atoms with Crippen molar-refractivity contribution in [2.45, 2.75) is 124 Å². The van der Waals surface area contributed by atoms with Gasteiger partial charge in [-0.3, -0.25) is 4.79 Å². The van der Waals surface area contributed by atoms with Crippen LogP contribution < -0.4 is 0 Å². The van der Waals surface area contributed by atoms with E-state index in [1.54, 1.807) is 6.92 Å². The molecule has 0 aliphatic heterocycles. The van der Waals surface area contributed by atoms with Gasteiger partial charge in [0.2, 0.25) is 0 Å². The lowest BCUT2D eigenvalue weighted by Crippen LogP contribution is -2.62.